The maximum atomic E-state index is 13.0. The van der Waals surface area contributed by atoms with Gasteiger partial charge in [-0.05, 0) is 44.7 Å². The molecule has 2 unspecified atom stereocenters. The van der Waals surface area contributed by atoms with Gasteiger partial charge in [0.15, 0.2) is 5.82 Å². The molecule has 0 saturated carbocycles. The van der Waals surface area contributed by atoms with Gasteiger partial charge in [-0.15, -0.1) is 0 Å². The van der Waals surface area contributed by atoms with Crippen LogP contribution in [0.25, 0.3) is 0 Å². The summed E-state index contributed by atoms with van der Waals surface area (Å²) in [6.07, 6.45) is 1.25. The predicted molar refractivity (Wildman–Crippen MR) is 82.6 cm³/mol. The van der Waals surface area contributed by atoms with Gasteiger partial charge in [-0.25, -0.2) is 4.39 Å². The molecule has 0 radical (unpaired) electrons. The Balaban J connectivity index is 1.73. The number of hydrogen-bond donors (Lipinski definition) is 1. The Morgan fingerprint density at radius 2 is 2.17 bits per heavy atom. The average molecular weight is 318 g/mol. The van der Waals surface area contributed by atoms with Crippen LogP contribution < -0.4 is 10.2 Å². The highest BCUT2D eigenvalue weighted by Gasteiger charge is 2.37. The molecule has 0 spiro atoms. The van der Waals surface area contributed by atoms with E-state index in [9.17, 15) is 9.18 Å². The second-order valence-corrected chi connectivity index (χ2v) is 5.75. The summed E-state index contributed by atoms with van der Waals surface area (Å²) in [5, 5.41) is 7.05. The first-order valence-electron chi connectivity index (χ1n) is 7.65. The second kappa shape index (κ2) is 6.45. The first kappa shape index (κ1) is 15.6. The van der Waals surface area contributed by atoms with E-state index < -0.39 is 5.92 Å². The van der Waals surface area contributed by atoms with Crippen LogP contribution in [0.1, 0.15) is 31.0 Å². The molecule has 1 N–H and O–H groups in total. The molecule has 0 bridgehead atoms. The van der Waals surface area contributed by atoms with Gasteiger partial charge in [0.05, 0.1) is 0 Å². The zero-order valence-electron chi connectivity index (χ0n) is 13.1. The number of rotatable bonds is 5. The van der Waals surface area contributed by atoms with Crippen molar-refractivity contribution in [2.24, 2.45) is 0 Å². The fourth-order valence-corrected chi connectivity index (χ4v) is 2.65. The highest BCUT2D eigenvalue weighted by Crippen LogP contribution is 2.31. The molecule has 0 aliphatic carbocycles. The number of hydrogen-bond acceptors (Lipinski definition) is 5. The number of likely N-dealkylation sites (N-methyl/N-ethyl adjacent to an activating group) is 1. The minimum Gasteiger partial charge on any atom is -0.338 e. The largest absolute Gasteiger partial charge is 0.338 e. The topological polar surface area (TPSA) is 71.3 Å². The lowest BCUT2D eigenvalue weighted by Crippen LogP contribution is -2.26. The third-order valence-corrected chi connectivity index (χ3v) is 4.11. The highest BCUT2D eigenvalue weighted by atomic mass is 19.1. The highest BCUT2D eigenvalue weighted by molar-refractivity contribution is 5.99. The van der Waals surface area contributed by atoms with E-state index in [0.29, 0.717) is 36.8 Å². The molecule has 1 aliphatic heterocycles. The Morgan fingerprint density at radius 1 is 1.43 bits per heavy atom. The number of carbonyl (C=O) groups is 1. The number of halogens is 1. The van der Waals surface area contributed by atoms with E-state index in [1.165, 1.54) is 12.1 Å². The number of benzene rings is 1. The van der Waals surface area contributed by atoms with E-state index in [4.69, 9.17) is 4.52 Å². The van der Waals surface area contributed by atoms with Gasteiger partial charge in [0, 0.05) is 24.7 Å². The van der Waals surface area contributed by atoms with E-state index in [1.807, 2.05) is 14.0 Å². The second-order valence-electron chi connectivity index (χ2n) is 5.75. The summed E-state index contributed by atoms with van der Waals surface area (Å²) in [6.45, 7) is 2.58. The van der Waals surface area contributed by atoms with Crippen molar-refractivity contribution in [3.63, 3.8) is 0 Å². The van der Waals surface area contributed by atoms with E-state index >= 15 is 0 Å². The Bertz CT molecular complexity index is 686. The van der Waals surface area contributed by atoms with Gasteiger partial charge in [0.1, 0.15) is 11.7 Å². The van der Waals surface area contributed by atoms with Gasteiger partial charge in [0.25, 0.3) is 0 Å². The fraction of sp³-hybridized carbons (Fsp3) is 0.438. The molecule has 1 fully saturated rings. The molecule has 122 valence electrons. The average Bonchev–Trinajstić information content (AvgIpc) is 3.14. The molecule has 1 aliphatic rings. The van der Waals surface area contributed by atoms with Crippen LogP contribution in [0.4, 0.5) is 10.1 Å². The Kier molecular flexibility index (Phi) is 4.38. The van der Waals surface area contributed by atoms with Gasteiger partial charge in [-0.3, -0.25) is 4.79 Å². The molecule has 2 heterocycles. The third kappa shape index (κ3) is 3.24. The van der Waals surface area contributed by atoms with Crippen molar-refractivity contribution in [2.45, 2.75) is 31.7 Å². The van der Waals surface area contributed by atoms with Crippen molar-refractivity contribution in [2.75, 3.05) is 18.5 Å². The van der Waals surface area contributed by atoms with E-state index in [1.54, 1.807) is 17.0 Å². The van der Waals surface area contributed by atoms with Gasteiger partial charge in [-0.1, -0.05) is 5.16 Å². The van der Waals surface area contributed by atoms with Crippen LogP contribution in [0.2, 0.25) is 0 Å². The summed E-state index contributed by atoms with van der Waals surface area (Å²) >= 11 is 0. The Hall–Kier alpha value is -2.28. The molecule has 1 aromatic carbocycles. The van der Waals surface area contributed by atoms with Gasteiger partial charge >= 0.3 is 0 Å². The van der Waals surface area contributed by atoms with E-state index in [0.717, 1.165) is 0 Å². The minimum atomic E-state index is -0.425. The maximum absolute atomic E-state index is 13.0. The minimum absolute atomic E-state index is 0.0894. The van der Waals surface area contributed by atoms with Crippen LogP contribution >= 0.6 is 0 Å². The SMILES string of the molecule is CNC(C)Cc1noc(C2CCN(c3ccc(F)cc3)C2=O)n1. The zero-order valence-corrected chi connectivity index (χ0v) is 13.1. The molecule has 7 heteroatoms. The van der Waals surface area contributed by atoms with Crippen LogP contribution in [0.3, 0.4) is 0 Å². The number of nitrogens with one attached hydrogen (secondary N) is 1. The molecule has 23 heavy (non-hydrogen) atoms. The third-order valence-electron chi connectivity index (χ3n) is 4.11. The van der Waals surface area contributed by atoms with Crippen LogP contribution in [-0.2, 0) is 11.2 Å². The summed E-state index contributed by atoms with van der Waals surface area (Å²) in [7, 11) is 1.87. The lowest BCUT2D eigenvalue weighted by atomic mass is 10.1. The van der Waals surface area contributed by atoms with E-state index in [2.05, 4.69) is 15.5 Å². The number of anilines is 1. The maximum Gasteiger partial charge on any atom is 0.239 e. The summed E-state index contributed by atoms with van der Waals surface area (Å²) < 4.78 is 18.3. The number of carbonyl (C=O) groups excluding carboxylic acids is 1. The fourth-order valence-electron chi connectivity index (χ4n) is 2.65. The lowest BCUT2D eigenvalue weighted by Gasteiger charge is -2.15. The number of aromatic nitrogens is 2. The van der Waals surface area contributed by atoms with Gasteiger partial charge in [-0.2, -0.15) is 4.98 Å². The molecule has 3 rings (SSSR count). The summed E-state index contributed by atoms with van der Waals surface area (Å²) in [6, 6.07) is 6.13. The van der Waals surface area contributed by atoms with Crippen molar-refractivity contribution < 1.29 is 13.7 Å². The lowest BCUT2D eigenvalue weighted by molar-refractivity contribution is -0.118. The van der Waals surface area contributed by atoms with Crippen molar-refractivity contribution in [1.29, 1.82) is 0 Å². The quantitative estimate of drug-likeness (QED) is 0.911. The molecule has 2 atom stereocenters. The van der Waals surface area contributed by atoms with Crippen LogP contribution in [0, 0.1) is 5.82 Å². The molecular weight excluding hydrogens is 299 g/mol. The van der Waals surface area contributed by atoms with Gasteiger partial charge in [0.2, 0.25) is 11.8 Å². The molecule has 6 nitrogen and oxygen atoms in total. The van der Waals surface area contributed by atoms with Gasteiger partial charge < -0.3 is 14.7 Å². The molecule has 1 amide bonds. The van der Waals surface area contributed by atoms with Crippen LogP contribution in [0.5, 0.6) is 0 Å². The molecule has 1 aromatic heterocycles. The first-order valence-corrected chi connectivity index (χ1v) is 7.65. The monoisotopic (exact) mass is 318 g/mol. The normalized spacial score (nSPS) is 19.3. The summed E-state index contributed by atoms with van der Waals surface area (Å²) in [4.78, 5) is 18.5. The first-order chi connectivity index (χ1) is 11.1. The van der Waals surface area contributed by atoms with Crippen molar-refractivity contribution >= 4 is 11.6 Å². The standard InChI is InChI=1S/C16H19FN4O2/c1-10(18-2)9-14-19-15(23-20-14)13-7-8-21(16(13)22)12-5-3-11(17)4-6-12/h3-6,10,13,18H,7-9H2,1-2H3. The Labute approximate surface area is 133 Å². The number of nitrogens with zero attached hydrogens (tertiary/aromatic N) is 3. The summed E-state index contributed by atoms with van der Waals surface area (Å²) in [5.41, 5.74) is 0.683. The van der Waals surface area contributed by atoms with E-state index in [-0.39, 0.29) is 17.8 Å². The molecule has 1 saturated heterocycles. The van der Waals surface area contributed by atoms with Crippen molar-refractivity contribution in [3.05, 3.63) is 41.8 Å². The predicted octanol–water partition coefficient (Wildman–Crippen LogP) is 1.88. The van der Waals surface area contributed by atoms with Crippen LogP contribution in [0.15, 0.2) is 28.8 Å². The van der Waals surface area contributed by atoms with Crippen LogP contribution in [-0.4, -0.2) is 35.7 Å². The van der Waals surface area contributed by atoms with Crippen molar-refractivity contribution in [1.82, 2.24) is 15.5 Å². The molecular formula is C16H19FN4O2. The molecule has 2 aromatic rings. The zero-order chi connectivity index (χ0) is 16.4. The number of amides is 1. The Morgan fingerprint density at radius 3 is 2.87 bits per heavy atom. The smallest absolute Gasteiger partial charge is 0.239 e. The van der Waals surface area contributed by atoms with Crippen molar-refractivity contribution in [3.8, 4) is 0 Å². The summed E-state index contributed by atoms with van der Waals surface area (Å²) in [5.74, 6) is 0.115.